The van der Waals surface area contributed by atoms with Gasteiger partial charge in [0.1, 0.15) is 0 Å². The Morgan fingerprint density at radius 3 is 2.58 bits per heavy atom. The molecule has 0 bridgehead atoms. The molecule has 2 N–H and O–H groups in total. The molecule has 2 unspecified atom stereocenters. The highest BCUT2D eigenvalue weighted by atomic mass is 14.9. The van der Waals surface area contributed by atoms with Crippen LogP contribution in [0.1, 0.15) is 51.9 Å². The molecule has 0 spiro atoms. The molecule has 2 aliphatic rings. The van der Waals surface area contributed by atoms with E-state index in [4.69, 9.17) is 5.73 Å². The minimum absolute atomic E-state index is 0.282. The Balaban J connectivity index is 1.84. The highest BCUT2D eigenvalue weighted by Crippen LogP contribution is 2.53. The van der Waals surface area contributed by atoms with Crippen molar-refractivity contribution in [3.8, 4) is 0 Å². The summed E-state index contributed by atoms with van der Waals surface area (Å²) in [5, 5.41) is 0. The van der Waals surface area contributed by atoms with Crippen LogP contribution in [0.4, 0.5) is 0 Å². The summed E-state index contributed by atoms with van der Waals surface area (Å²) < 4.78 is 0. The van der Waals surface area contributed by atoms with E-state index in [1.54, 1.807) is 0 Å². The fraction of sp³-hybridized carbons (Fsp3) is 1.00. The fourth-order valence-corrected chi connectivity index (χ4v) is 3.10. The second kappa shape index (κ2) is 3.02. The van der Waals surface area contributed by atoms with Gasteiger partial charge in [0.2, 0.25) is 0 Å². The lowest BCUT2D eigenvalue weighted by Gasteiger charge is -2.14. The number of hydrogen-bond acceptors (Lipinski definition) is 1. The predicted molar refractivity (Wildman–Crippen MR) is 51.9 cm³/mol. The van der Waals surface area contributed by atoms with Crippen LogP contribution in [0.25, 0.3) is 0 Å². The molecular formula is C11H21N. The summed E-state index contributed by atoms with van der Waals surface area (Å²) in [5.41, 5.74) is 6.56. The smallest absolute Gasteiger partial charge is 0.0189 e. The standard InChI is InChI=1S/C11H21N/c1-2-7-11(12)8-10(11)9-5-3-4-6-9/h9-10H,2-8,12H2,1H3. The van der Waals surface area contributed by atoms with Gasteiger partial charge in [0.15, 0.2) is 0 Å². The third kappa shape index (κ3) is 1.39. The molecule has 2 rings (SSSR count). The monoisotopic (exact) mass is 167 g/mol. The van der Waals surface area contributed by atoms with Gasteiger partial charge >= 0.3 is 0 Å². The van der Waals surface area contributed by atoms with Gasteiger partial charge in [-0.3, -0.25) is 0 Å². The van der Waals surface area contributed by atoms with E-state index in [0.717, 1.165) is 11.8 Å². The van der Waals surface area contributed by atoms with Gasteiger partial charge in [0.05, 0.1) is 0 Å². The zero-order valence-electron chi connectivity index (χ0n) is 8.18. The quantitative estimate of drug-likeness (QED) is 0.687. The molecule has 1 heteroatoms. The first-order valence-electron chi connectivity index (χ1n) is 5.55. The summed E-state index contributed by atoms with van der Waals surface area (Å²) in [6, 6.07) is 0. The third-order valence-electron chi connectivity index (χ3n) is 3.86. The van der Waals surface area contributed by atoms with Crippen molar-refractivity contribution in [1.29, 1.82) is 0 Å². The Morgan fingerprint density at radius 2 is 2.00 bits per heavy atom. The Kier molecular flexibility index (Phi) is 2.16. The Bertz CT molecular complexity index is 160. The van der Waals surface area contributed by atoms with E-state index in [9.17, 15) is 0 Å². The maximum absolute atomic E-state index is 6.28. The van der Waals surface area contributed by atoms with Gasteiger partial charge in [0, 0.05) is 5.54 Å². The van der Waals surface area contributed by atoms with Gasteiger partial charge in [-0.15, -0.1) is 0 Å². The number of nitrogens with two attached hydrogens (primary N) is 1. The van der Waals surface area contributed by atoms with E-state index in [1.165, 1.54) is 44.9 Å². The van der Waals surface area contributed by atoms with Crippen molar-refractivity contribution in [2.45, 2.75) is 57.4 Å². The van der Waals surface area contributed by atoms with E-state index < -0.39 is 0 Å². The van der Waals surface area contributed by atoms with Crippen LogP contribution in [-0.2, 0) is 0 Å². The molecule has 0 radical (unpaired) electrons. The largest absolute Gasteiger partial charge is 0.325 e. The van der Waals surface area contributed by atoms with Crippen LogP contribution in [0.3, 0.4) is 0 Å². The average molecular weight is 167 g/mol. The van der Waals surface area contributed by atoms with Gasteiger partial charge in [-0.05, 0) is 24.7 Å². The van der Waals surface area contributed by atoms with Crippen molar-refractivity contribution >= 4 is 0 Å². The van der Waals surface area contributed by atoms with Gasteiger partial charge in [-0.1, -0.05) is 39.0 Å². The summed E-state index contributed by atoms with van der Waals surface area (Å²) in [5.74, 6) is 1.90. The van der Waals surface area contributed by atoms with Crippen molar-refractivity contribution < 1.29 is 0 Å². The molecule has 0 amide bonds. The highest BCUT2D eigenvalue weighted by molar-refractivity contribution is 5.10. The molecule has 1 nitrogen and oxygen atoms in total. The summed E-state index contributed by atoms with van der Waals surface area (Å²) in [6.45, 7) is 2.25. The van der Waals surface area contributed by atoms with Crippen LogP contribution in [-0.4, -0.2) is 5.54 Å². The first-order valence-corrected chi connectivity index (χ1v) is 5.55. The molecule has 70 valence electrons. The fourth-order valence-electron chi connectivity index (χ4n) is 3.10. The Morgan fingerprint density at radius 1 is 1.33 bits per heavy atom. The average Bonchev–Trinajstić information content (AvgIpc) is 2.53. The SMILES string of the molecule is CCCC1(N)CC1C1CCCC1. The normalized spacial score (nSPS) is 42.0. The van der Waals surface area contributed by atoms with Crippen LogP contribution in [0, 0.1) is 11.8 Å². The maximum Gasteiger partial charge on any atom is 0.0189 e. The van der Waals surface area contributed by atoms with Gasteiger partial charge in [0.25, 0.3) is 0 Å². The van der Waals surface area contributed by atoms with E-state index in [2.05, 4.69) is 6.92 Å². The highest BCUT2D eigenvalue weighted by Gasteiger charge is 2.53. The van der Waals surface area contributed by atoms with Gasteiger partial charge in [-0.25, -0.2) is 0 Å². The predicted octanol–water partition coefficient (Wildman–Crippen LogP) is 2.69. The zero-order valence-corrected chi connectivity index (χ0v) is 8.18. The third-order valence-corrected chi connectivity index (χ3v) is 3.86. The van der Waals surface area contributed by atoms with Crippen molar-refractivity contribution in [2.75, 3.05) is 0 Å². The van der Waals surface area contributed by atoms with Crippen LogP contribution in [0.5, 0.6) is 0 Å². The first-order chi connectivity index (χ1) is 5.76. The van der Waals surface area contributed by atoms with Crippen molar-refractivity contribution in [1.82, 2.24) is 0 Å². The van der Waals surface area contributed by atoms with Crippen molar-refractivity contribution in [3.05, 3.63) is 0 Å². The van der Waals surface area contributed by atoms with Crippen LogP contribution < -0.4 is 5.73 Å². The summed E-state index contributed by atoms with van der Waals surface area (Å²) >= 11 is 0. The lowest BCUT2D eigenvalue weighted by molar-refractivity contribution is 0.409. The molecule has 0 aromatic heterocycles. The molecule has 2 aliphatic carbocycles. The topological polar surface area (TPSA) is 26.0 Å². The van der Waals surface area contributed by atoms with E-state index in [0.29, 0.717) is 0 Å². The molecule has 0 aromatic carbocycles. The molecule has 0 heterocycles. The van der Waals surface area contributed by atoms with E-state index in [1.807, 2.05) is 0 Å². The zero-order chi connectivity index (χ0) is 8.60. The lowest BCUT2D eigenvalue weighted by Crippen LogP contribution is -2.26. The van der Waals surface area contributed by atoms with Gasteiger partial charge in [-0.2, -0.15) is 0 Å². The Labute approximate surface area is 75.7 Å². The molecule has 2 fully saturated rings. The van der Waals surface area contributed by atoms with E-state index in [-0.39, 0.29) is 5.54 Å². The second-order valence-corrected chi connectivity index (χ2v) is 4.84. The summed E-state index contributed by atoms with van der Waals surface area (Å²) in [6.07, 6.45) is 9.70. The lowest BCUT2D eigenvalue weighted by atomic mass is 9.96. The van der Waals surface area contributed by atoms with Crippen LogP contribution >= 0.6 is 0 Å². The minimum atomic E-state index is 0.282. The van der Waals surface area contributed by atoms with Gasteiger partial charge < -0.3 is 5.73 Å². The molecule has 0 aromatic rings. The Hall–Kier alpha value is -0.0400. The minimum Gasteiger partial charge on any atom is -0.325 e. The summed E-state index contributed by atoms with van der Waals surface area (Å²) in [7, 11) is 0. The van der Waals surface area contributed by atoms with Crippen LogP contribution in [0.2, 0.25) is 0 Å². The van der Waals surface area contributed by atoms with Crippen molar-refractivity contribution in [2.24, 2.45) is 17.6 Å². The number of rotatable bonds is 3. The second-order valence-electron chi connectivity index (χ2n) is 4.84. The molecular weight excluding hydrogens is 146 g/mol. The van der Waals surface area contributed by atoms with E-state index >= 15 is 0 Å². The number of hydrogen-bond donors (Lipinski definition) is 1. The van der Waals surface area contributed by atoms with Crippen LogP contribution in [0.15, 0.2) is 0 Å². The maximum atomic E-state index is 6.28. The molecule has 2 atom stereocenters. The molecule has 2 saturated carbocycles. The molecule has 0 saturated heterocycles. The summed E-state index contributed by atoms with van der Waals surface area (Å²) in [4.78, 5) is 0. The first kappa shape index (κ1) is 8.55. The molecule has 0 aliphatic heterocycles. The molecule has 12 heavy (non-hydrogen) atoms. The van der Waals surface area contributed by atoms with Crippen molar-refractivity contribution in [3.63, 3.8) is 0 Å².